The summed E-state index contributed by atoms with van der Waals surface area (Å²) in [5, 5.41) is 11.4. The van der Waals surface area contributed by atoms with E-state index in [0.29, 0.717) is 0 Å². The fourth-order valence-corrected chi connectivity index (χ4v) is 1.56. The van der Waals surface area contributed by atoms with E-state index in [9.17, 15) is 4.79 Å². The Hall–Kier alpha value is -2.62. The molecule has 0 amide bonds. The first-order valence-corrected chi connectivity index (χ1v) is 5.88. The zero-order valence-corrected chi connectivity index (χ0v) is 10.3. The molecule has 96 valence electrons. The molecule has 2 N–H and O–H groups in total. The van der Waals surface area contributed by atoms with Gasteiger partial charge in [-0.3, -0.25) is 9.78 Å². The van der Waals surface area contributed by atoms with Crippen molar-refractivity contribution in [2.24, 2.45) is 0 Å². The average molecular weight is 254 g/mol. The predicted molar refractivity (Wildman–Crippen MR) is 75.7 cm³/mol. The molecule has 2 rings (SSSR count). The van der Waals surface area contributed by atoms with Gasteiger partial charge in [0.15, 0.2) is 0 Å². The van der Waals surface area contributed by atoms with E-state index in [-0.39, 0.29) is 6.54 Å². The van der Waals surface area contributed by atoms with Crippen LogP contribution < -0.4 is 5.32 Å². The molecule has 0 aliphatic heterocycles. The van der Waals surface area contributed by atoms with Gasteiger partial charge in [0.25, 0.3) is 0 Å². The van der Waals surface area contributed by atoms with Crippen LogP contribution in [0.5, 0.6) is 0 Å². The topological polar surface area (TPSA) is 62.2 Å². The summed E-state index contributed by atoms with van der Waals surface area (Å²) in [6, 6.07) is 11.4. The molecule has 4 heteroatoms. The second-order valence-electron chi connectivity index (χ2n) is 3.98. The molecule has 0 atom stereocenters. The predicted octanol–water partition coefficient (Wildman–Crippen LogP) is 2.75. The normalized spacial score (nSPS) is 10.5. The number of carbonyl (C=O) groups is 1. The van der Waals surface area contributed by atoms with Gasteiger partial charge in [-0.05, 0) is 35.4 Å². The maximum atomic E-state index is 10.4. The lowest BCUT2D eigenvalue weighted by molar-refractivity contribution is -0.134. The van der Waals surface area contributed by atoms with E-state index in [2.05, 4.69) is 10.3 Å². The van der Waals surface area contributed by atoms with E-state index in [1.807, 2.05) is 48.6 Å². The number of benzene rings is 1. The van der Waals surface area contributed by atoms with Crippen LogP contribution in [0.15, 0.2) is 48.8 Å². The zero-order valence-electron chi connectivity index (χ0n) is 10.3. The van der Waals surface area contributed by atoms with Gasteiger partial charge in [0.2, 0.25) is 0 Å². The SMILES string of the molecule is O=C(O)CNc1ccc(/C=C/c2ccncc2)cc1. The first-order valence-electron chi connectivity index (χ1n) is 5.88. The van der Waals surface area contributed by atoms with Crippen LogP contribution >= 0.6 is 0 Å². The highest BCUT2D eigenvalue weighted by molar-refractivity contribution is 5.73. The highest BCUT2D eigenvalue weighted by Gasteiger charge is 1.96. The van der Waals surface area contributed by atoms with Crippen molar-refractivity contribution >= 4 is 23.8 Å². The second-order valence-corrected chi connectivity index (χ2v) is 3.98. The Bertz CT molecular complexity index is 562. The Labute approximate surface area is 111 Å². The van der Waals surface area contributed by atoms with Crippen molar-refractivity contribution in [1.82, 2.24) is 4.98 Å². The largest absolute Gasteiger partial charge is 0.480 e. The lowest BCUT2D eigenvalue weighted by atomic mass is 10.1. The first kappa shape index (κ1) is 12.8. The number of anilines is 1. The van der Waals surface area contributed by atoms with Crippen LogP contribution in [0.1, 0.15) is 11.1 Å². The van der Waals surface area contributed by atoms with Crippen LogP contribution in [0.4, 0.5) is 5.69 Å². The molecule has 0 saturated carbocycles. The van der Waals surface area contributed by atoms with Gasteiger partial charge in [0.1, 0.15) is 6.54 Å². The van der Waals surface area contributed by atoms with Crippen molar-refractivity contribution < 1.29 is 9.90 Å². The number of nitrogens with zero attached hydrogens (tertiary/aromatic N) is 1. The van der Waals surface area contributed by atoms with Crippen LogP contribution in [-0.4, -0.2) is 22.6 Å². The number of nitrogens with one attached hydrogen (secondary N) is 1. The molecule has 1 heterocycles. The Morgan fingerprint density at radius 2 is 1.63 bits per heavy atom. The third kappa shape index (κ3) is 4.27. The molecule has 2 aromatic rings. The quantitative estimate of drug-likeness (QED) is 0.861. The fourth-order valence-electron chi connectivity index (χ4n) is 1.56. The molecular weight excluding hydrogens is 240 g/mol. The van der Waals surface area contributed by atoms with Crippen LogP contribution in [0, 0.1) is 0 Å². The molecule has 0 bridgehead atoms. The Balaban J connectivity index is 1.99. The number of hydrogen-bond donors (Lipinski definition) is 2. The van der Waals surface area contributed by atoms with Crippen molar-refractivity contribution in [1.29, 1.82) is 0 Å². The summed E-state index contributed by atoms with van der Waals surface area (Å²) in [5.41, 5.74) is 2.93. The summed E-state index contributed by atoms with van der Waals surface area (Å²) >= 11 is 0. The van der Waals surface area contributed by atoms with Crippen LogP contribution in [0.25, 0.3) is 12.2 Å². The monoisotopic (exact) mass is 254 g/mol. The van der Waals surface area contributed by atoms with E-state index in [1.165, 1.54) is 0 Å². The fraction of sp³-hybridized carbons (Fsp3) is 0.0667. The van der Waals surface area contributed by atoms with Gasteiger partial charge in [-0.15, -0.1) is 0 Å². The van der Waals surface area contributed by atoms with Gasteiger partial charge in [0.05, 0.1) is 0 Å². The van der Waals surface area contributed by atoms with Crippen LogP contribution in [-0.2, 0) is 4.79 Å². The summed E-state index contributed by atoms with van der Waals surface area (Å²) in [4.78, 5) is 14.4. The van der Waals surface area contributed by atoms with Gasteiger partial charge in [-0.25, -0.2) is 0 Å². The number of aliphatic carboxylic acids is 1. The highest BCUT2D eigenvalue weighted by Crippen LogP contribution is 2.12. The molecule has 0 fully saturated rings. The van der Waals surface area contributed by atoms with E-state index in [4.69, 9.17) is 5.11 Å². The van der Waals surface area contributed by atoms with Crippen LogP contribution in [0.3, 0.4) is 0 Å². The van der Waals surface area contributed by atoms with Gasteiger partial charge in [-0.1, -0.05) is 24.3 Å². The van der Waals surface area contributed by atoms with E-state index >= 15 is 0 Å². The molecule has 0 spiro atoms. The standard InChI is InChI=1S/C15H14N2O2/c18-15(19)11-17-14-5-3-12(4-6-14)1-2-13-7-9-16-10-8-13/h1-10,17H,11H2,(H,18,19)/b2-1+. The minimum Gasteiger partial charge on any atom is -0.480 e. The third-order valence-corrected chi connectivity index (χ3v) is 2.53. The maximum Gasteiger partial charge on any atom is 0.322 e. The molecule has 1 aromatic carbocycles. The molecule has 0 aliphatic carbocycles. The van der Waals surface area contributed by atoms with Crippen molar-refractivity contribution in [3.63, 3.8) is 0 Å². The van der Waals surface area contributed by atoms with Gasteiger partial charge in [0, 0.05) is 18.1 Å². The van der Waals surface area contributed by atoms with Gasteiger partial charge >= 0.3 is 5.97 Å². The number of hydrogen-bond acceptors (Lipinski definition) is 3. The number of pyridine rings is 1. The summed E-state index contributed by atoms with van der Waals surface area (Å²) in [5.74, 6) is -0.873. The molecule has 0 radical (unpaired) electrons. The summed E-state index contributed by atoms with van der Waals surface area (Å²) in [6.45, 7) is -0.0772. The van der Waals surface area contributed by atoms with Gasteiger partial charge in [-0.2, -0.15) is 0 Å². The summed E-state index contributed by atoms with van der Waals surface area (Å²) < 4.78 is 0. The minimum atomic E-state index is -0.873. The summed E-state index contributed by atoms with van der Waals surface area (Å²) in [6.07, 6.45) is 7.49. The first-order chi connectivity index (χ1) is 9.24. The Kier molecular flexibility index (Phi) is 4.29. The molecule has 19 heavy (non-hydrogen) atoms. The molecule has 0 saturated heterocycles. The van der Waals surface area contributed by atoms with Crippen molar-refractivity contribution in [3.8, 4) is 0 Å². The van der Waals surface area contributed by atoms with Crippen LogP contribution in [0.2, 0.25) is 0 Å². The lowest BCUT2D eigenvalue weighted by Crippen LogP contribution is -2.11. The zero-order chi connectivity index (χ0) is 13.5. The minimum absolute atomic E-state index is 0.0772. The van der Waals surface area contributed by atoms with Crippen molar-refractivity contribution in [2.45, 2.75) is 0 Å². The molecule has 0 unspecified atom stereocenters. The summed E-state index contributed by atoms with van der Waals surface area (Å²) in [7, 11) is 0. The van der Waals surface area contributed by atoms with E-state index < -0.39 is 5.97 Å². The average Bonchev–Trinajstić information content (AvgIpc) is 2.45. The Morgan fingerprint density at radius 3 is 2.21 bits per heavy atom. The second kappa shape index (κ2) is 6.35. The molecule has 1 aromatic heterocycles. The molecule has 0 aliphatic rings. The lowest BCUT2D eigenvalue weighted by Gasteiger charge is -2.03. The van der Waals surface area contributed by atoms with E-state index in [0.717, 1.165) is 16.8 Å². The molecule has 4 nitrogen and oxygen atoms in total. The van der Waals surface area contributed by atoms with Crippen molar-refractivity contribution in [2.75, 3.05) is 11.9 Å². The number of aromatic nitrogens is 1. The maximum absolute atomic E-state index is 10.4. The van der Waals surface area contributed by atoms with Gasteiger partial charge < -0.3 is 10.4 Å². The number of carboxylic acids is 1. The Morgan fingerprint density at radius 1 is 1.05 bits per heavy atom. The highest BCUT2D eigenvalue weighted by atomic mass is 16.4. The smallest absolute Gasteiger partial charge is 0.322 e. The van der Waals surface area contributed by atoms with Crippen molar-refractivity contribution in [3.05, 3.63) is 59.9 Å². The third-order valence-electron chi connectivity index (χ3n) is 2.53. The number of carboxylic acid groups (broad SMARTS) is 1. The molecular formula is C15H14N2O2. The van der Waals surface area contributed by atoms with E-state index in [1.54, 1.807) is 12.4 Å². The number of rotatable bonds is 5.